The van der Waals surface area contributed by atoms with Crippen LogP contribution in [0.25, 0.3) is 0 Å². The average molecular weight is 259 g/mol. The van der Waals surface area contributed by atoms with Gasteiger partial charge in [-0.15, -0.1) is 6.58 Å². The maximum Gasteiger partial charge on any atom is 0.139 e. The summed E-state index contributed by atoms with van der Waals surface area (Å²) >= 11 is 3.10. The van der Waals surface area contributed by atoms with Crippen LogP contribution in [-0.4, -0.2) is 6.04 Å². The zero-order chi connectivity index (χ0) is 10.7. The Morgan fingerprint density at radius 3 is 2.86 bits per heavy atom. The van der Waals surface area contributed by atoms with Gasteiger partial charge in [-0.1, -0.05) is 6.08 Å². The summed E-state index contributed by atoms with van der Waals surface area (Å²) in [5.41, 5.74) is 6.72. The van der Waals surface area contributed by atoms with Gasteiger partial charge in [0.25, 0.3) is 0 Å². The molecule has 0 aliphatic rings. The van der Waals surface area contributed by atoms with Crippen molar-refractivity contribution in [3.63, 3.8) is 0 Å². The number of anilines is 2. The number of nitrogens with one attached hydrogen (secondary N) is 1. The van der Waals surface area contributed by atoms with Gasteiger partial charge < -0.3 is 11.1 Å². The van der Waals surface area contributed by atoms with E-state index in [1.165, 1.54) is 6.07 Å². The highest BCUT2D eigenvalue weighted by atomic mass is 79.9. The predicted octanol–water partition coefficient (Wildman–Crippen LogP) is 3.16. The lowest BCUT2D eigenvalue weighted by Crippen LogP contribution is -2.12. The van der Waals surface area contributed by atoms with Gasteiger partial charge in [0.15, 0.2) is 0 Å². The van der Waals surface area contributed by atoms with Gasteiger partial charge in [-0.25, -0.2) is 4.39 Å². The maximum absolute atomic E-state index is 13.0. The average Bonchev–Trinajstić information content (AvgIpc) is 2.14. The fourth-order valence-corrected chi connectivity index (χ4v) is 1.33. The summed E-state index contributed by atoms with van der Waals surface area (Å²) in [7, 11) is 0. The Labute approximate surface area is 91.1 Å². The second kappa shape index (κ2) is 4.46. The van der Waals surface area contributed by atoms with Gasteiger partial charge in [-0.3, -0.25) is 0 Å². The number of halogens is 2. The van der Waals surface area contributed by atoms with E-state index in [2.05, 4.69) is 27.8 Å². The van der Waals surface area contributed by atoms with Crippen LogP contribution in [-0.2, 0) is 0 Å². The van der Waals surface area contributed by atoms with Crippen molar-refractivity contribution in [2.24, 2.45) is 0 Å². The van der Waals surface area contributed by atoms with Crippen molar-refractivity contribution in [2.75, 3.05) is 11.1 Å². The van der Waals surface area contributed by atoms with E-state index in [1.54, 1.807) is 12.1 Å². The first kappa shape index (κ1) is 11.0. The van der Waals surface area contributed by atoms with Crippen LogP contribution in [0.15, 0.2) is 29.3 Å². The molecule has 1 atom stereocenters. The standard InChI is InChI=1S/C10H12BrFN2/c1-3-6(2)14-10-4-7(11)8(12)5-9(10)13/h3-6,14H,1,13H2,2H3. The molecule has 0 fully saturated rings. The largest absolute Gasteiger partial charge is 0.397 e. The topological polar surface area (TPSA) is 38.0 Å². The molecular formula is C10H12BrFN2. The SMILES string of the molecule is C=CC(C)Nc1cc(Br)c(F)cc1N. The molecule has 0 aliphatic heterocycles. The van der Waals surface area contributed by atoms with Crippen LogP contribution in [0.4, 0.5) is 15.8 Å². The first-order chi connectivity index (χ1) is 6.54. The van der Waals surface area contributed by atoms with E-state index in [4.69, 9.17) is 5.73 Å². The van der Waals surface area contributed by atoms with Gasteiger partial charge in [0.05, 0.1) is 15.8 Å². The summed E-state index contributed by atoms with van der Waals surface area (Å²) in [4.78, 5) is 0. The van der Waals surface area contributed by atoms with Crippen molar-refractivity contribution >= 4 is 27.3 Å². The minimum atomic E-state index is -0.362. The van der Waals surface area contributed by atoms with Crippen molar-refractivity contribution in [3.05, 3.63) is 35.1 Å². The zero-order valence-corrected chi connectivity index (χ0v) is 9.44. The van der Waals surface area contributed by atoms with Crippen molar-refractivity contribution in [2.45, 2.75) is 13.0 Å². The van der Waals surface area contributed by atoms with Crippen LogP contribution in [0.1, 0.15) is 6.92 Å². The highest BCUT2D eigenvalue weighted by molar-refractivity contribution is 9.10. The van der Waals surface area contributed by atoms with Gasteiger partial charge in [0, 0.05) is 12.1 Å². The molecule has 0 heterocycles. The van der Waals surface area contributed by atoms with Crippen molar-refractivity contribution in [3.8, 4) is 0 Å². The van der Waals surface area contributed by atoms with Crippen LogP contribution in [0.3, 0.4) is 0 Å². The molecule has 4 heteroatoms. The van der Waals surface area contributed by atoms with Gasteiger partial charge in [0.2, 0.25) is 0 Å². The highest BCUT2D eigenvalue weighted by Gasteiger charge is 2.06. The van der Waals surface area contributed by atoms with Crippen LogP contribution >= 0.6 is 15.9 Å². The first-order valence-electron chi connectivity index (χ1n) is 4.18. The van der Waals surface area contributed by atoms with Crippen molar-refractivity contribution < 1.29 is 4.39 Å². The maximum atomic E-state index is 13.0. The third-order valence-corrected chi connectivity index (χ3v) is 2.44. The van der Waals surface area contributed by atoms with E-state index >= 15 is 0 Å². The van der Waals surface area contributed by atoms with Gasteiger partial charge in [-0.2, -0.15) is 0 Å². The van der Waals surface area contributed by atoms with E-state index in [1.807, 2.05) is 6.92 Å². The fraction of sp³-hybridized carbons (Fsp3) is 0.200. The number of benzene rings is 1. The van der Waals surface area contributed by atoms with Crippen LogP contribution in [0.5, 0.6) is 0 Å². The third-order valence-electron chi connectivity index (χ3n) is 1.83. The predicted molar refractivity (Wildman–Crippen MR) is 61.8 cm³/mol. The lowest BCUT2D eigenvalue weighted by Gasteiger charge is -2.13. The normalized spacial score (nSPS) is 12.2. The summed E-state index contributed by atoms with van der Waals surface area (Å²) in [5.74, 6) is -0.362. The highest BCUT2D eigenvalue weighted by Crippen LogP contribution is 2.27. The molecule has 0 aromatic heterocycles. The monoisotopic (exact) mass is 258 g/mol. The molecule has 0 bridgehead atoms. The number of hydrogen-bond acceptors (Lipinski definition) is 2. The smallest absolute Gasteiger partial charge is 0.139 e. The van der Waals surface area contributed by atoms with Gasteiger partial charge >= 0.3 is 0 Å². The zero-order valence-electron chi connectivity index (χ0n) is 7.85. The third kappa shape index (κ3) is 2.48. The first-order valence-corrected chi connectivity index (χ1v) is 4.97. The molecule has 2 nitrogen and oxygen atoms in total. The van der Waals surface area contributed by atoms with Crippen molar-refractivity contribution in [1.82, 2.24) is 0 Å². The minimum absolute atomic E-state index is 0.0923. The molecule has 0 saturated heterocycles. The van der Waals surface area contributed by atoms with Gasteiger partial charge in [0.1, 0.15) is 5.82 Å². The molecule has 1 rings (SSSR count). The minimum Gasteiger partial charge on any atom is -0.397 e. The number of hydrogen-bond donors (Lipinski definition) is 2. The van der Waals surface area contributed by atoms with Crippen LogP contribution in [0, 0.1) is 5.82 Å². The molecule has 0 amide bonds. The Bertz CT molecular complexity index is 352. The molecule has 0 radical (unpaired) electrons. The molecule has 76 valence electrons. The number of rotatable bonds is 3. The summed E-state index contributed by atoms with van der Waals surface area (Å²) in [5, 5.41) is 3.09. The van der Waals surface area contributed by atoms with Crippen molar-refractivity contribution in [1.29, 1.82) is 0 Å². The molecule has 14 heavy (non-hydrogen) atoms. The molecule has 3 N–H and O–H groups in total. The molecular weight excluding hydrogens is 247 g/mol. The summed E-state index contributed by atoms with van der Waals surface area (Å²) in [6.07, 6.45) is 1.75. The van der Waals surface area contributed by atoms with E-state index in [0.717, 1.165) is 0 Å². The van der Waals surface area contributed by atoms with Crippen LogP contribution < -0.4 is 11.1 Å². The molecule has 0 saturated carbocycles. The summed E-state index contributed by atoms with van der Waals surface area (Å²) < 4.78 is 13.4. The summed E-state index contributed by atoms with van der Waals surface area (Å²) in [6.45, 7) is 5.57. The fourth-order valence-electron chi connectivity index (χ4n) is 0.991. The quantitative estimate of drug-likeness (QED) is 0.646. The van der Waals surface area contributed by atoms with E-state index in [9.17, 15) is 4.39 Å². The lowest BCUT2D eigenvalue weighted by molar-refractivity contribution is 0.622. The second-order valence-electron chi connectivity index (χ2n) is 3.02. The Kier molecular flexibility index (Phi) is 3.52. The molecule has 1 aromatic rings. The Hall–Kier alpha value is -1.03. The Balaban J connectivity index is 2.97. The number of nitrogens with two attached hydrogens (primary N) is 1. The molecule has 0 aliphatic carbocycles. The second-order valence-corrected chi connectivity index (χ2v) is 3.88. The summed E-state index contributed by atoms with van der Waals surface area (Å²) in [6, 6.07) is 2.99. The molecule has 0 spiro atoms. The molecule has 1 aromatic carbocycles. The van der Waals surface area contributed by atoms with E-state index in [-0.39, 0.29) is 11.9 Å². The van der Waals surface area contributed by atoms with E-state index in [0.29, 0.717) is 15.8 Å². The Morgan fingerprint density at radius 1 is 1.64 bits per heavy atom. The van der Waals surface area contributed by atoms with Crippen LogP contribution in [0.2, 0.25) is 0 Å². The molecule has 1 unspecified atom stereocenters. The lowest BCUT2D eigenvalue weighted by atomic mass is 10.2. The number of nitrogen functional groups attached to an aromatic ring is 1. The van der Waals surface area contributed by atoms with Gasteiger partial charge in [-0.05, 0) is 28.9 Å². The Morgan fingerprint density at radius 2 is 2.29 bits per heavy atom. The van der Waals surface area contributed by atoms with E-state index < -0.39 is 0 Å².